The average Bonchev–Trinajstić information content (AvgIpc) is 3.22. The highest BCUT2D eigenvalue weighted by Gasteiger charge is 2.30. The maximum atomic E-state index is 5.91. The summed E-state index contributed by atoms with van der Waals surface area (Å²) in [7, 11) is 2.26. The van der Waals surface area contributed by atoms with Gasteiger partial charge in [0.05, 0.1) is 6.61 Å². The summed E-state index contributed by atoms with van der Waals surface area (Å²) in [5.41, 5.74) is 2.75. The number of fused-ring (bicyclic) bond motifs is 1. The molecule has 21 heavy (non-hydrogen) atoms. The zero-order chi connectivity index (χ0) is 14.2. The molecule has 0 aliphatic carbocycles. The van der Waals surface area contributed by atoms with E-state index in [2.05, 4.69) is 47.7 Å². The van der Waals surface area contributed by atoms with Gasteiger partial charge in [-0.2, -0.15) is 0 Å². The Kier molecular flexibility index (Phi) is 3.48. The lowest BCUT2D eigenvalue weighted by atomic mass is 9.92. The minimum absolute atomic E-state index is 0.561. The van der Waals surface area contributed by atoms with Gasteiger partial charge in [-0.1, -0.05) is 6.07 Å². The second-order valence-corrected chi connectivity index (χ2v) is 7.20. The van der Waals surface area contributed by atoms with Gasteiger partial charge < -0.3 is 9.64 Å². The second kappa shape index (κ2) is 5.47. The fourth-order valence-electron chi connectivity index (χ4n) is 3.68. The van der Waals surface area contributed by atoms with Gasteiger partial charge >= 0.3 is 0 Å². The van der Waals surface area contributed by atoms with Crippen LogP contribution in [0.2, 0.25) is 0 Å². The van der Waals surface area contributed by atoms with E-state index in [1.807, 2.05) is 0 Å². The summed E-state index contributed by atoms with van der Waals surface area (Å²) in [6, 6.07) is 11.7. The van der Waals surface area contributed by atoms with Crippen LogP contribution in [0, 0.1) is 0 Å². The molecule has 1 aromatic heterocycles. The fourth-order valence-corrected chi connectivity index (χ4v) is 4.40. The average molecular weight is 299 g/mol. The number of hydrogen-bond donors (Lipinski definition) is 0. The molecule has 2 nitrogen and oxygen atoms in total. The van der Waals surface area contributed by atoms with Crippen LogP contribution in [0.1, 0.15) is 30.7 Å². The Labute approximate surface area is 130 Å². The van der Waals surface area contributed by atoms with Crippen molar-refractivity contribution in [1.29, 1.82) is 0 Å². The molecule has 2 aromatic rings. The van der Waals surface area contributed by atoms with Gasteiger partial charge in [-0.3, -0.25) is 0 Å². The fraction of sp³-hybridized carbons (Fsp3) is 0.444. The summed E-state index contributed by atoms with van der Waals surface area (Å²) in [6.45, 7) is 2.11. The SMILES string of the molecule is CN1CCC[C@@H]1C[C@@H]1COc2ccc(-c3cccs3)cc21. The molecular formula is C18H21NOS. The molecule has 0 N–H and O–H groups in total. The van der Waals surface area contributed by atoms with Gasteiger partial charge in [0.1, 0.15) is 5.75 Å². The second-order valence-electron chi connectivity index (χ2n) is 6.25. The standard InChI is InChI=1S/C18H21NOS/c1-19-8-2-4-15(19)10-14-12-20-17-7-6-13(11-16(14)17)18-5-3-9-21-18/h3,5-7,9,11,14-15H,2,4,8,10,12H2,1H3/t14-,15-/m1/s1. The highest BCUT2D eigenvalue weighted by Crippen LogP contribution is 2.41. The van der Waals surface area contributed by atoms with Crippen molar-refractivity contribution in [2.24, 2.45) is 0 Å². The Morgan fingerprint density at radius 3 is 3.05 bits per heavy atom. The van der Waals surface area contributed by atoms with E-state index in [1.54, 1.807) is 11.3 Å². The third-order valence-corrected chi connectivity index (χ3v) is 5.84. The van der Waals surface area contributed by atoms with Crippen molar-refractivity contribution in [2.45, 2.75) is 31.2 Å². The van der Waals surface area contributed by atoms with Gasteiger partial charge in [0.15, 0.2) is 0 Å². The summed E-state index contributed by atoms with van der Waals surface area (Å²) in [4.78, 5) is 3.86. The molecule has 0 spiro atoms. The van der Waals surface area contributed by atoms with E-state index in [0.717, 1.165) is 18.4 Å². The summed E-state index contributed by atoms with van der Waals surface area (Å²) in [5.74, 6) is 1.66. The molecule has 4 rings (SSSR count). The molecule has 110 valence electrons. The van der Waals surface area contributed by atoms with E-state index in [-0.39, 0.29) is 0 Å². The normalized spacial score (nSPS) is 25.0. The number of likely N-dealkylation sites (tertiary alicyclic amines) is 1. The largest absolute Gasteiger partial charge is 0.493 e. The monoisotopic (exact) mass is 299 g/mol. The van der Waals surface area contributed by atoms with Crippen molar-refractivity contribution in [3.8, 4) is 16.2 Å². The van der Waals surface area contributed by atoms with E-state index in [4.69, 9.17) is 4.74 Å². The number of rotatable bonds is 3. The van der Waals surface area contributed by atoms with Crippen molar-refractivity contribution in [1.82, 2.24) is 4.90 Å². The molecule has 0 amide bonds. The number of ether oxygens (including phenoxy) is 1. The van der Waals surface area contributed by atoms with Gasteiger partial charge in [-0.05, 0) is 68.1 Å². The van der Waals surface area contributed by atoms with E-state index in [0.29, 0.717) is 5.92 Å². The Bertz CT molecular complexity index is 622. The lowest BCUT2D eigenvalue weighted by molar-refractivity contribution is 0.257. The van der Waals surface area contributed by atoms with Crippen LogP contribution >= 0.6 is 11.3 Å². The van der Waals surface area contributed by atoms with Gasteiger partial charge in [-0.25, -0.2) is 0 Å². The number of thiophene rings is 1. The van der Waals surface area contributed by atoms with Crippen molar-refractivity contribution < 1.29 is 4.74 Å². The van der Waals surface area contributed by atoms with Crippen LogP contribution in [0.25, 0.3) is 10.4 Å². The summed E-state index contributed by atoms with van der Waals surface area (Å²) in [6.07, 6.45) is 3.92. The Hall–Kier alpha value is -1.32. The third kappa shape index (κ3) is 2.49. The maximum absolute atomic E-state index is 5.91. The Morgan fingerprint density at radius 1 is 1.33 bits per heavy atom. The van der Waals surface area contributed by atoms with E-state index >= 15 is 0 Å². The molecule has 1 saturated heterocycles. The molecule has 3 heteroatoms. The molecule has 2 aliphatic heterocycles. The van der Waals surface area contributed by atoms with Gasteiger partial charge in [0.2, 0.25) is 0 Å². The van der Waals surface area contributed by atoms with Crippen molar-refractivity contribution in [3.05, 3.63) is 41.3 Å². The van der Waals surface area contributed by atoms with Crippen LogP contribution in [0.3, 0.4) is 0 Å². The Balaban J connectivity index is 1.59. The van der Waals surface area contributed by atoms with Crippen LogP contribution in [0.15, 0.2) is 35.7 Å². The zero-order valence-electron chi connectivity index (χ0n) is 12.4. The molecule has 3 heterocycles. The molecular weight excluding hydrogens is 278 g/mol. The van der Waals surface area contributed by atoms with E-state index in [9.17, 15) is 0 Å². The van der Waals surface area contributed by atoms with Gasteiger partial charge in [0.25, 0.3) is 0 Å². The molecule has 1 aromatic carbocycles. The van der Waals surface area contributed by atoms with Crippen LogP contribution < -0.4 is 4.74 Å². The molecule has 0 unspecified atom stereocenters. The van der Waals surface area contributed by atoms with Crippen molar-refractivity contribution >= 4 is 11.3 Å². The number of nitrogens with zero attached hydrogens (tertiary/aromatic N) is 1. The molecule has 0 saturated carbocycles. The van der Waals surface area contributed by atoms with Crippen LogP contribution in [-0.2, 0) is 0 Å². The summed E-state index contributed by atoms with van der Waals surface area (Å²) < 4.78 is 5.91. The zero-order valence-corrected chi connectivity index (χ0v) is 13.2. The first kappa shape index (κ1) is 13.4. The van der Waals surface area contributed by atoms with E-state index in [1.165, 1.54) is 41.8 Å². The maximum Gasteiger partial charge on any atom is 0.122 e. The molecule has 0 bridgehead atoms. The smallest absolute Gasteiger partial charge is 0.122 e. The summed E-state index contributed by atoms with van der Waals surface area (Å²) in [5, 5.41) is 2.14. The molecule has 2 aliphatic rings. The Morgan fingerprint density at radius 2 is 2.29 bits per heavy atom. The van der Waals surface area contributed by atoms with Gasteiger partial charge in [0, 0.05) is 22.4 Å². The van der Waals surface area contributed by atoms with E-state index < -0.39 is 0 Å². The topological polar surface area (TPSA) is 12.5 Å². The lowest BCUT2D eigenvalue weighted by Crippen LogP contribution is -2.27. The highest BCUT2D eigenvalue weighted by atomic mass is 32.1. The molecule has 1 fully saturated rings. The van der Waals surface area contributed by atoms with Crippen LogP contribution in [0.5, 0.6) is 5.75 Å². The third-order valence-electron chi connectivity index (χ3n) is 4.92. The summed E-state index contributed by atoms with van der Waals surface area (Å²) >= 11 is 1.81. The van der Waals surface area contributed by atoms with Crippen LogP contribution in [0.4, 0.5) is 0 Å². The highest BCUT2D eigenvalue weighted by molar-refractivity contribution is 7.13. The first-order chi connectivity index (χ1) is 10.3. The first-order valence-corrected chi connectivity index (χ1v) is 8.70. The quantitative estimate of drug-likeness (QED) is 0.834. The first-order valence-electron chi connectivity index (χ1n) is 7.82. The van der Waals surface area contributed by atoms with Gasteiger partial charge in [-0.15, -0.1) is 11.3 Å². The van der Waals surface area contributed by atoms with Crippen molar-refractivity contribution in [3.63, 3.8) is 0 Å². The number of hydrogen-bond acceptors (Lipinski definition) is 3. The lowest BCUT2D eigenvalue weighted by Gasteiger charge is -2.22. The van der Waals surface area contributed by atoms with Crippen molar-refractivity contribution in [2.75, 3.05) is 20.2 Å². The minimum atomic E-state index is 0.561. The molecule has 0 radical (unpaired) electrons. The minimum Gasteiger partial charge on any atom is -0.493 e. The van der Waals surface area contributed by atoms with Crippen LogP contribution in [-0.4, -0.2) is 31.1 Å². The molecule has 2 atom stereocenters. The predicted octanol–water partition coefficient (Wildman–Crippen LogP) is 4.38. The number of benzene rings is 1. The predicted molar refractivity (Wildman–Crippen MR) is 88.3 cm³/mol.